The lowest BCUT2D eigenvalue weighted by atomic mass is 10.0. The first-order valence-corrected chi connectivity index (χ1v) is 12.8. The fourth-order valence-electron chi connectivity index (χ4n) is 4.42. The van der Waals surface area contributed by atoms with Gasteiger partial charge in [0, 0.05) is 13.1 Å². The fraction of sp³-hybridized carbons (Fsp3) is 0.125. The Balaban J connectivity index is 1.20. The Bertz CT molecular complexity index is 1390. The molecule has 1 aliphatic heterocycles. The van der Waals surface area contributed by atoms with E-state index in [1.54, 1.807) is 48.5 Å². The number of benzene rings is 4. The molecule has 1 aliphatic rings. The molecule has 8 nitrogen and oxygen atoms in total. The lowest BCUT2D eigenvalue weighted by Crippen LogP contribution is -2.63. The summed E-state index contributed by atoms with van der Waals surface area (Å²) in [5.41, 5.74) is 4.15. The second kappa shape index (κ2) is 12.3. The molecule has 4 aromatic rings. The summed E-state index contributed by atoms with van der Waals surface area (Å²) >= 11 is 0. The summed E-state index contributed by atoms with van der Waals surface area (Å²) in [4.78, 5) is 51.1. The van der Waals surface area contributed by atoms with Crippen LogP contribution in [0, 0.1) is 0 Å². The van der Waals surface area contributed by atoms with Crippen molar-refractivity contribution in [2.45, 2.75) is 12.1 Å². The van der Waals surface area contributed by atoms with E-state index in [0.29, 0.717) is 13.1 Å². The van der Waals surface area contributed by atoms with Gasteiger partial charge in [-0.15, -0.1) is 0 Å². The number of esters is 4. The van der Waals surface area contributed by atoms with Crippen LogP contribution in [0.3, 0.4) is 0 Å². The van der Waals surface area contributed by atoms with Crippen LogP contribution in [-0.4, -0.2) is 49.1 Å². The Morgan fingerprint density at radius 1 is 0.475 bits per heavy atom. The highest BCUT2D eigenvalue weighted by Gasteiger charge is 2.39. The van der Waals surface area contributed by atoms with Gasteiger partial charge >= 0.3 is 23.9 Å². The number of piperazine rings is 1. The fourth-order valence-corrected chi connectivity index (χ4v) is 4.42. The van der Waals surface area contributed by atoms with E-state index in [0.717, 1.165) is 22.3 Å². The third kappa shape index (κ3) is 6.20. The molecule has 1 heterocycles. The number of hydrogen-bond donors (Lipinski definition) is 2. The topological polar surface area (TPSA) is 111 Å². The van der Waals surface area contributed by atoms with Crippen LogP contribution >= 0.6 is 0 Å². The molecule has 0 radical (unpaired) electrons. The van der Waals surface area contributed by atoms with Gasteiger partial charge in [0.25, 0.3) is 0 Å². The number of rotatable bonds is 6. The lowest BCUT2D eigenvalue weighted by Gasteiger charge is -2.29. The standard InChI is InChI=1S/C32H26N2O6/c35-29(25-15-11-23(12-16-25)21-7-3-1-4-8-21)39-31(37)27-28(34-20-19-33-27)32(38)40-30(36)26-17-13-24(14-18-26)22-9-5-2-6-10-22/h1-18,27-28,33-34H,19-20H2. The Morgan fingerprint density at radius 3 is 1.15 bits per heavy atom. The third-order valence-corrected chi connectivity index (χ3v) is 6.54. The van der Waals surface area contributed by atoms with E-state index in [-0.39, 0.29) is 11.1 Å². The van der Waals surface area contributed by atoms with Crippen molar-refractivity contribution in [3.05, 3.63) is 120 Å². The van der Waals surface area contributed by atoms with Gasteiger partial charge in [0.05, 0.1) is 11.1 Å². The van der Waals surface area contributed by atoms with E-state index in [4.69, 9.17) is 9.47 Å². The van der Waals surface area contributed by atoms with Crippen LogP contribution < -0.4 is 10.6 Å². The summed E-state index contributed by atoms with van der Waals surface area (Å²) in [6, 6.07) is 30.1. The number of ether oxygens (including phenoxy) is 2. The normalized spacial score (nSPS) is 16.5. The smallest absolute Gasteiger partial charge is 0.345 e. The first kappa shape index (κ1) is 26.7. The molecule has 2 N–H and O–H groups in total. The summed E-state index contributed by atoms with van der Waals surface area (Å²) < 4.78 is 10.1. The van der Waals surface area contributed by atoms with Crippen LogP contribution in [-0.2, 0) is 19.1 Å². The molecule has 0 spiro atoms. The van der Waals surface area contributed by atoms with E-state index in [9.17, 15) is 19.2 Å². The maximum atomic E-state index is 12.9. The minimum Gasteiger partial charge on any atom is -0.388 e. The van der Waals surface area contributed by atoms with Gasteiger partial charge in [0.15, 0.2) is 0 Å². The van der Waals surface area contributed by atoms with Crippen molar-refractivity contribution in [1.82, 2.24) is 10.6 Å². The van der Waals surface area contributed by atoms with Crippen LogP contribution in [0.25, 0.3) is 22.3 Å². The minimum absolute atomic E-state index is 0.185. The molecule has 4 aromatic carbocycles. The molecule has 0 aromatic heterocycles. The Morgan fingerprint density at radius 2 is 0.800 bits per heavy atom. The van der Waals surface area contributed by atoms with Crippen LogP contribution in [0.15, 0.2) is 109 Å². The Labute approximate surface area is 230 Å². The van der Waals surface area contributed by atoms with Gasteiger partial charge < -0.3 is 20.1 Å². The van der Waals surface area contributed by atoms with Gasteiger partial charge in [0.2, 0.25) is 0 Å². The lowest BCUT2D eigenvalue weighted by molar-refractivity contribution is -0.150. The SMILES string of the molecule is O=C(OC(=O)C1NCCNC1C(=O)OC(=O)c1ccc(-c2ccccc2)cc1)c1ccc(-c2ccccc2)cc1. The molecule has 2 atom stereocenters. The van der Waals surface area contributed by atoms with Crippen LogP contribution in [0.1, 0.15) is 20.7 Å². The molecule has 0 amide bonds. The van der Waals surface area contributed by atoms with Gasteiger partial charge in [-0.05, 0) is 46.5 Å². The second-order valence-corrected chi connectivity index (χ2v) is 9.17. The zero-order chi connectivity index (χ0) is 27.9. The van der Waals surface area contributed by atoms with Crippen LogP contribution in [0.4, 0.5) is 0 Å². The average molecular weight is 535 g/mol. The minimum atomic E-state index is -1.22. The molecule has 200 valence electrons. The molecule has 1 fully saturated rings. The zero-order valence-electron chi connectivity index (χ0n) is 21.4. The van der Waals surface area contributed by atoms with E-state index >= 15 is 0 Å². The molecule has 5 rings (SSSR count). The van der Waals surface area contributed by atoms with Gasteiger partial charge in [-0.25, -0.2) is 19.2 Å². The molecule has 2 unspecified atom stereocenters. The van der Waals surface area contributed by atoms with Crippen molar-refractivity contribution >= 4 is 23.9 Å². The van der Waals surface area contributed by atoms with Crippen molar-refractivity contribution in [3.63, 3.8) is 0 Å². The van der Waals surface area contributed by atoms with Gasteiger partial charge in [-0.3, -0.25) is 0 Å². The Kier molecular flexibility index (Phi) is 8.20. The largest absolute Gasteiger partial charge is 0.388 e. The first-order valence-electron chi connectivity index (χ1n) is 12.8. The quantitative estimate of drug-likeness (QED) is 0.282. The number of hydrogen-bond acceptors (Lipinski definition) is 8. The van der Waals surface area contributed by atoms with Crippen molar-refractivity contribution in [2.24, 2.45) is 0 Å². The van der Waals surface area contributed by atoms with Crippen LogP contribution in [0.5, 0.6) is 0 Å². The van der Waals surface area contributed by atoms with Crippen LogP contribution in [0.2, 0.25) is 0 Å². The van der Waals surface area contributed by atoms with E-state index in [1.807, 2.05) is 60.7 Å². The summed E-state index contributed by atoms with van der Waals surface area (Å²) in [6.07, 6.45) is 0. The maximum absolute atomic E-state index is 12.9. The average Bonchev–Trinajstić information content (AvgIpc) is 3.02. The predicted octanol–water partition coefficient (Wildman–Crippen LogP) is 4.02. The van der Waals surface area contributed by atoms with Gasteiger partial charge in [-0.1, -0.05) is 84.9 Å². The monoisotopic (exact) mass is 534 g/mol. The van der Waals surface area contributed by atoms with Crippen molar-refractivity contribution in [2.75, 3.05) is 13.1 Å². The third-order valence-electron chi connectivity index (χ3n) is 6.54. The second-order valence-electron chi connectivity index (χ2n) is 9.17. The Hall–Kier alpha value is -4.92. The summed E-state index contributed by atoms with van der Waals surface area (Å²) in [6.45, 7) is 0.691. The molecular formula is C32H26N2O6. The number of carbonyl (C=O) groups excluding carboxylic acids is 4. The van der Waals surface area contributed by atoms with E-state index < -0.39 is 36.0 Å². The first-order chi connectivity index (χ1) is 19.5. The van der Waals surface area contributed by atoms with Gasteiger partial charge in [0.1, 0.15) is 12.1 Å². The van der Waals surface area contributed by atoms with Crippen molar-refractivity contribution in [1.29, 1.82) is 0 Å². The summed E-state index contributed by atoms with van der Waals surface area (Å²) in [7, 11) is 0. The zero-order valence-corrected chi connectivity index (χ0v) is 21.4. The van der Waals surface area contributed by atoms with Crippen molar-refractivity contribution < 1.29 is 28.7 Å². The predicted molar refractivity (Wildman–Crippen MR) is 148 cm³/mol. The highest BCUT2D eigenvalue weighted by atomic mass is 16.6. The highest BCUT2D eigenvalue weighted by Crippen LogP contribution is 2.21. The van der Waals surface area contributed by atoms with E-state index in [1.165, 1.54) is 0 Å². The number of carbonyl (C=O) groups is 4. The molecule has 40 heavy (non-hydrogen) atoms. The van der Waals surface area contributed by atoms with Gasteiger partial charge in [-0.2, -0.15) is 0 Å². The highest BCUT2D eigenvalue weighted by molar-refractivity contribution is 6.02. The molecule has 0 aliphatic carbocycles. The molecule has 1 saturated heterocycles. The molecule has 8 heteroatoms. The van der Waals surface area contributed by atoms with E-state index in [2.05, 4.69) is 10.6 Å². The number of nitrogens with one attached hydrogen (secondary N) is 2. The summed E-state index contributed by atoms with van der Waals surface area (Å²) in [5.74, 6) is -3.60. The van der Waals surface area contributed by atoms with Crippen molar-refractivity contribution in [3.8, 4) is 22.3 Å². The maximum Gasteiger partial charge on any atom is 0.345 e. The molecule has 0 bridgehead atoms. The summed E-state index contributed by atoms with van der Waals surface area (Å²) in [5, 5.41) is 5.75. The molecular weight excluding hydrogens is 508 g/mol. The molecule has 0 saturated carbocycles.